The second-order valence-electron chi connectivity index (χ2n) is 6.41. The molecule has 3 N–H and O–H groups in total. The first-order valence-electron chi connectivity index (χ1n) is 9.57. The van der Waals surface area contributed by atoms with Crippen molar-refractivity contribution in [3.05, 3.63) is 60.4 Å². The van der Waals surface area contributed by atoms with Gasteiger partial charge in [-0.25, -0.2) is 9.78 Å². The minimum Gasteiger partial charge on any atom is -0.494 e. The zero-order chi connectivity index (χ0) is 21.3. The molecule has 0 atom stereocenters. The van der Waals surface area contributed by atoms with Crippen molar-refractivity contribution in [1.82, 2.24) is 9.97 Å². The maximum Gasteiger partial charge on any atom is 0.337 e. The molecular weight excluding hydrogens is 384 g/mol. The summed E-state index contributed by atoms with van der Waals surface area (Å²) in [7, 11) is 1.33. The van der Waals surface area contributed by atoms with E-state index in [0.29, 0.717) is 23.7 Å². The molecule has 0 saturated carbocycles. The highest BCUT2D eigenvalue weighted by molar-refractivity contribution is 5.89. The summed E-state index contributed by atoms with van der Waals surface area (Å²) in [6, 6.07) is 14.0. The minimum atomic E-state index is -0.420. The first-order chi connectivity index (χ1) is 14.6. The van der Waals surface area contributed by atoms with Gasteiger partial charge in [-0.1, -0.05) is 13.3 Å². The second-order valence-corrected chi connectivity index (χ2v) is 6.41. The normalized spacial score (nSPS) is 10.3. The van der Waals surface area contributed by atoms with Crippen LogP contribution in [-0.2, 0) is 4.74 Å². The SMILES string of the molecule is CCCCOc1ccc(Nc2ncnc(Oc3ccc(C(=O)OC)cc3)c2N)cc1. The smallest absolute Gasteiger partial charge is 0.337 e. The largest absolute Gasteiger partial charge is 0.494 e. The van der Waals surface area contributed by atoms with Gasteiger partial charge in [-0.15, -0.1) is 0 Å². The lowest BCUT2D eigenvalue weighted by Crippen LogP contribution is -2.04. The van der Waals surface area contributed by atoms with E-state index in [1.807, 2.05) is 24.3 Å². The first-order valence-corrected chi connectivity index (χ1v) is 9.57. The maximum atomic E-state index is 11.5. The minimum absolute atomic E-state index is 0.206. The van der Waals surface area contributed by atoms with Crippen molar-refractivity contribution in [3.63, 3.8) is 0 Å². The third-order valence-electron chi connectivity index (χ3n) is 4.22. The molecule has 3 aromatic rings. The Bertz CT molecular complexity index is 975. The van der Waals surface area contributed by atoms with Crippen LogP contribution in [0, 0.1) is 0 Å². The Hall–Kier alpha value is -3.81. The topological polar surface area (TPSA) is 109 Å². The Balaban J connectivity index is 1.68. The van der Waals surface area contributed by atoms with Crippen LogP contribution < -0.4 is 20.5 Å². The monoisotopic (exact) mass is 408 g/mol. The van der Waals surface area contributed by atoms with Crippen LogP contribution in [0.4, 0.5) is 17.2 Å². The molecule has 0 fully saturated rings. The zero-order valence-electron chi connectivity index (χ0n) is 16.9. The number of carbonyl (C=O) groups is 1. The number of nitrogen functional groups attached to an aromatic ring is 1. The number of ether oxygens (including phenoxy) is 3. The lowest BCUT2D eigenvalue weighted by atomic mass is 10.2. The van der Waals surface area contributed by atoms with E-state index in [1.54, 1.807) is 24.3 Å². The van der Waals surface area contributed by atoms with E-state index < -0.39 is 5.97 Å². The number of aromatic nitrogens is 2. The van der Waals surface area contributed by atoms with Gasteiger partial charge in [0.15, 0.2) is 5.82 Å². The third kappa shape index (κ3) is 5.38. The van der Waals surface area contributed by atoms with Gasteiger partial charge >= 0.3 is 5.97 Å². The summed E-state index contributed by atoms with van der Waals surface area (Å²) in [5.74, 6) is 1.50. The molecule has 0 unspecified atom stereocenters. The second kappa shape index (κ2) is 10.1. The van der Waals surface area contributed by atoms with E-state index in [4.69, 9.17) is 15.2 Å². The number of anilines is 3. The quantitative estimate of drug-likeness (QED) is 0.392. The molecule has 8 nitrogen and oxygen atoms in total. The van der Waals surface area contributed by atoms with Crippen molar-refractivity contribution in [1.29, 1.82) is 0 Å². The van der Waals surface area contributed by atoms with Crippen LogP contribution in [-0.4, -0.2) is 29.7 Å². The average Bonchev–Trinajstić information content (AvgIpc) is 2.78. The number of nitrogens with one attached hydrogen (secondary N) is 1. The Morgan fingerprint density at radius 1 is 1.03 bits per heavy atom. The van der Waals surface area contributed by atoms with E-state index in [1.165, 1.54) is 13.4 Å². The van der Waals surface area contributed by atoms with E-state index in [-0.39, 0.29) is 11.6 Å². The number of nitrogens with zero attached hydrogens (tertiary/aromatic N) is 2. The maximum absolute atomic E-state index is 11.5. The number of carbonyl (C=O) groups excluding carboxylic acids is 1. The van der Waals surface area contributed by atoms with Gasteiger partial charge in [0, 0.05) is 5.69 Å². The molecule has 8 heteroatoms. The van der Waals surface area contributed by atoms with Crippen molar-refractivity contribution in [3.8, 4) is 17.4 Å². The lowest BCUT2D eigenvalue weighted by molar-refractivity contribution is 0.0600. The summed E-state index contributed by atoms with van der Waals surface area (Å²) in [5.41, 5.74) is 7.66. The Morgan fingerprint density at radius 2 is 1.73 bits per heavy atom. The van der Waals surface area contributed by atoms with E-state index in [0.717, 1.165) is 24.3 Å². The molecule has 0 bridgehead atoms. The van der Waals surface area contributed by atoms with Crippen molar-refractivity contribution < 1.29 is 19.0 Å². The van der Waals surface area contributed by atoms with Gasteiger partial charge in [-0.2, -0.15) is 4.98 Å². The molecule has 1 heterocycles. The van der Waals surface area contributed by atoms with Crippen molar-refractivity contribution in [2.45, 2.75) is 19.8 Å². The van der Waals surface area contributed by atoms with Crippen molar-refractivity contribution in [2.24, 2.45) is 0 Å². The fourth-order valence-electron chi connectivity index (χ4n) is 2.55. The highest BCUT2D eigenvalue weighted by Gasteiger charge is 2.12. The van der Waals surface area contributed by atoms with Gasteiger partial charge in [-0.3, -0.25) is 0 Å². The molecule has 0 aliphatic heterocycles. The fourth-order valence-corrected chi connectivity index (χ4v) is 2.55. The zero-order valence-corrected chi connectivity index (χ0v) is 16.9. The number of hydrogen-bond donors (Lipinski definition) is 2. The molecule has 0 saturated heterocycles. The van der Waals surface area contributed by atoms with Crippen molar-refractivity contribution in [2.75, 3.05) is 24.8 Å². The van der Waals surface area contributed by atoms with Crippen LogP contribution in [0.25, 0.3) is 0 Å². The van der Waals surface area contributed by atoms with Gasteiger partial charge in [0.2, 0.25) is 5.88 Å². The average molecular weight is 408 g/mol. The summed E-state index contributed by atoms with van der Waals surface area (Å²) in [5, 5.41) is 3.15. The molecule has 0 radical (unpaired) electrons. The van der Waals surface area contributed by atoms with Crippen LogP contribution in [0.1, 0.15) is 30.1 Å². The molecule has 0 aliphatic rings. The summed E-state index contributed by atoms with van der Waals surface area (Å²) < 4.78 is 16.1. The van der Waals surface area contributed by atoms with Crippen molar-refractivity contribution >= 4 is 23.2 Å². The van der Waals surface area contributed by atoms with Crippen LogP contribution in [0.15, 0.2) is 54.9 Å². The lowest BCUT2D eigenvalue weighted by Gasteiger charge is -2.12. The molecule has 3 rings (SSSR count). The molecule has 156 valence electrons. The Morgan fingerprint density at radius 3 is 2.40 bits per heavy atom. The van der Waals surface area contributed by atoms with Crippen LogP contribution >= 0.6 is 0 Å². The van der Waals surface area contributed by atoms with Crippen LogP contribution in [0.2, 0.25) is 0 Å². The number of benzene rings is 2. The molecule has 0 amide bonds. The molecule has 0 aliphatic carbocycles. The van der Waals surface area contributed by atoms with Gasteiger partial charge in [-0.05, 0) is 55.0 Å². The highest BCUT2D eigenvalue weighted by atomic mass is 16.5. The summed E-state index contributed by atoms with van der Waals surface area (Å²) in [6.07, 6.45) is 3.47. The van der Waals surface area contributed by atoms with E-state index in [2.05, 4.69) is 26.9 Å². The van der Waals surface area contributed by atoms with Crippen LogP contribution in [0.3, 0.4) is 0 Å². The number of methoxy groups -OCH3 is 1. The summed E-state index contributed by atoms with van der Waals surface area (Å²) in [6.45, 7) is 2.82. The van der Waals surface area contributed by atoms with Gasteiger partial charge in [0.05, 0.1) is 19.3 Å². The molecule has 2 aromatic carbocycles. The number of unbranched alkanes of at least 4 members (excludes halogenated alkanes) is 1. The van der Waals surface area contributed by atoms with E-state index in [9.17, 15) is 4.79 Å². The third-order valence-corrected chi connectivity index (χ3v) is 4.22. The summed E-state index contributed by atoms with van der Waals surface area (Å²) >= 11 is 0. The predicted molar refractivity (Wildman–Crippen MR) is 114 cm³/mol. The Labute approximate surface area is 175 Å². The predicted octanol–water partition coefficient (Wildman–Crippen LogP) is 4.56. The number of esters is 1. The number of nitrogens with two attached hydrogens (primary N) is 1. The van der Waals surface area contributed by atoms with Gasteiger partial charge in [0.25, 0.3) is 0 Å². The molecule has 30 heavy (non-hydrogen) atoms. The number of rotatable bonds is 9. The van der Waals surface area contributed by atoms with Gasteiger partial charge < -0.3 is 25.3 Å². The molecular formula is C22H24N4O4. The standard InChI is InChI=1S/C22H24N4O4/c1-3-4-13-29-17-11-7-16(8-12-17)26-20-19(23)21(25-14-24-20)30-18-9-5-15(6-10-18)22(27)28-2/h5-12,14H,3-4,13,23H2,1-2H3,(H,24,25,26). The fraction of sp³-hybridized carbons (Fsp3) is 0.227. The summed E-state index contributed by atoms with van der Waals surface area (Å²) in [4.78, 5) is 19.8. The molecule has 1 aromatic heterocycles. The number of hydrogen-bond acceptors (Lipinski definition) is 8. The Kier molecular flexibility index (Phi) is 7.05. The first kappa shape index (κ1) is 20.9. The highest BCUT2D eigenvalue weighted by Crippen LogP contribution is 2.31. The molecule has 0 spiro atoms. The van der Waals surface area contributed by atoms with Gasteiger partial charge in [0.1, 0.15) is 23.5 Å². The van der Waals surface area contributed by atoms with Crippen LogP contribution in [0.5, 0.6) is 17.4 Å². The van der Waals surface area contributed by atoms with E-state index >= 15 is 0 Å².